The van der Waals surface area contributed by atoms with Crippen LogP contribution in [-0.4, -0.2) is 49.4 Å². The lowest BCUT2D eigenvalue weighted by molar-refractivity contribution is -0.132. The SMILES string of the molecule is CC(C)CN(CCC(=O)N1CCc2ccccc2C1)S(C)(=O)=O. The summed E-state index contributed by atoms with van der Waals surface area (Å²) in [5.74, 6) is 0.263. The summed E-state index contributed by atoms with van der Waals surface area (Å²) in [5, 5.41) is 0. The van der Waals surface area contributed by atoms with Crippen LogP contribution in [0.4, 0.5) is 0 Å². The molecule has 5 nitrogen and oxygen atoms in total. The van der Waals surface area contributed by atoms with E-state index < -0.39 is 10.0 Å². The van der Waals surface area contributed by atoms with E-state index in [4.69, 9.17) is 0 Å². The third-order valence-corrected chi connectivity index (χ3v) is 5.37. The molecule has 1 aromatic rings. The molecule has 0 aliphatic carbocycles. The van der Waals surface area contributed by atoms with Crippen molar-refractivity contribution >= 4 is 15.9 Å². The van der Waals surface area contributed by atoms with Crippen LogP contribution < -0.4 is 0 Å². The number of sulfonamides is 1. The summed E-state index contributed by atoms with van der Waals surface area (Å²) in [4.78, 5) is 14.3. The molecule has 128 valence electrons. The van der Waals surface area contributed by atoms with Crippen molar-refractivity contribution in [1.82, 2.24) is 9.21 Å². The fraction of sp³-hybridized carbons (Fsp3) is 0.588. The maximum absolute atomic E-state index is 12.4. The highest BCUT2D eigenvalue weighted by Gasteiger charge is 2.23. The van der Waals surface area contributed by atoms with Gasteiger partial charge in [-0.1, -0.05) is 38.1 Å². The zero-order valence-electron chi connectivity index (χ0n) is 14.2. The molecule has 1 heterocycles. The summed E-state index contributed by atoms with van der Waals surface area (Å²) in [6.45, 7) is 5.99. The molecule has 1 aliphatic rings. The molecule has 0 radical (unpaired) electrons. The highest BCUT2D eigenvalue weighted by atomic mass is 32.2. The average molecular weight is 338 g/mol. The van der Waals surface area contributed by atoms with Gasteiger partial charge in [-0.25, -0.2) is 12.7 Å². The second kappa shape index (κ2) is 7.45. The molecular weight excluding hydrogens is 312 g/mol. The molecule has 0 saturated heterocycles. The van der Waals surface area contributed by atoms with Crippen molar-refractivity contribution in [2.75, 3.05) is 25.9 Å². The van der Waals surface area contributed by atoms with Crippen LogP contribution in [0.1, 0.15) is 31.4 Å². The molecule has 23 heavy (non-hydrogen) atoms. The number of amides is 1. The van der Waals surface area contributed by atoms with E-state index in [-0.39, 0.29) is 24.8 Å². The van der Waals surface area contributed by atoms with Crippen molar-refractivity contribution in [3.8, 4) is 0 Å². The first-order chi connectivity index (χ1) is 10.8. The van der Waals surface area contributed by atoms with E-state index in [1.165, 1.54) is 21.7 Å². The van der Waals surface area contributed by atoms with Gasteiger partial charge < -0.3 is 4.90 Å². The molecule has 1 aromatic carbocycles. The third kappa shape index (κ3) is 5.04. The topological polar surface area (TPSA) is 57.7 Å². The molecule has 6 heteroatoms. The zero-order valence-corrected chi connectivity index (χ0v) is 15.0. The predicted octanol–water partition coefficient (Wildman–Crippen LogP) is 1.88. The fourth-order valence-electron chi connectivity index (χ4n) is 2.89. The van der Waals surface area contributed by atoms with E-state index in [1.807, 2.05) is 30.9 Å². The monoisotopic (exact) mass is 338 g/mol. The van der Waals surface area contributed by atoms with Gasteiger partial charge in [-0.2, -0.15) is 0 Å². The number of carbonyl (C=O) groups excluding carboxylic acids is 1. The summed E-state index contributed by atoms with van der Waals surface area (Å²) in [7, 11) is -3.27. The van der Waals surface area contributed by atoms with E-state index in [9.17, 15) is 13.2 Å². The van der Waals surface area contributed by atoms with Crippen molar-refractivity contribution in [2.24, 2.45) is 5.92 Å². The van der Waals surface area contributed by atoms with Gasteiger partial charge in [0.25, 0.3) is 0 Å². The molecule has 0 bridgehead atoms. The smallest absolute Gasteiger partial charge is 0.224 e. The Balaban J connectivity index is 1.94. The fourth-order valence-corrected chi connectivity index (χ4v) is 3.88. The van der Waals surface area contributed by atoms with E-state index in [2.05, 4.69) is 12.1 Å². The number of fused-ring (bicyclic) bond motifs is 1. The lowest BCUT2D eigenvalue weighted by atomic mass is 10.00. The van der Waals surface area contributed by atoms with Crippen molar-refractivity contribution < 1.29 is 13.2 Å². The van der Waals surface area contributed by atoms with Crippen LogP contribution in [0.3, 0.4) is 0 Å². The molecule has 0 aromatic heterocycles. The number of nitrogens with zero attached hydrogens (tertiary/aromatic N) is 2. The largest absolute Gasteiger partial charge is 0.338 e. The van der Waals surface area contributed by atoms with Gasteiger partial charge in [0, 0.05) is 32.6 Å². The average Bonchev–Trinajstić information content (AvgIpc) is 2.49. The molecule has 0 fully saturated rings. The second-order valence-electron chi connectivity index (χ2n) is 6.60. The Labute approximate surface area is 139 Å². The molecule has 0 saturated carbocycles. The van der Waals surface area contributed by atoms with Gasteiger partial charge in [0.2, 0.25) is 15.9 Å². The van der Waals surface area contributed by atoms with E-state index in [0.717, 1.165) is 6.42 Å². The Bertz CT molecular complexity index is 656. The molecule has 0 unspecified atom stereocenters. The number of rotatable bonds is 6. The lowest BCUT2D eigenvalue weighted by Crippen LogP contribution is -2.40. The first kappa shape index (κ1) is 17.9. The second-order valence-corrected chi connectivity index (χ2v) is 8.58. The Morgan fingerprint density at radius 3 is 2.52 bits per heavy atom. The normalized spacial score (nSPS) is 15.1. The Hall–Kier alpha value is -1.40. The maximum atomic E-state index is 12.4. The van der Waals surface area contributed by atoms with E-state index in [1.54, 1.807) is 0 Å². The molecule has 1 aliphatic heterocycles. The van der Waals surface area contributed by atoms with Gasteiger partial charge in [-0.15, -0.1) is 0 Å². The standard InChI is InChI=1S/C17H26N2O3S/c1-14(2)12-19(23(3,21)22)11-9-17(20)18-10-8-15-6-4-5-7-16(15)13-18/h4-7,14H,8-13H2,1-3H3. The van der Waals surface area contributed by atoms with Crippen LogP contribution >= 0.6 is 0 Å². The predicted molar refractivity (Wildman–Crippen MR) is 91.4 cm³/mol. The van der Waals surface area contributed by atoms with Gasteiger partial charge in [0.15, 0.2) is 0 Å². The molecule has 0 N–H and O–H groups in total. The van der Waals surface area contributed by atoms with Crippen LogP contribution in [0, 0.1) is 5.92 Å². The number of benzene rings is 1. The Morgan fingerprint density at radius 1 is 1.26 bits per heavy atom. The Kier molecular flexibility index (Phi) is 5.81. The number of hydrogen-bond acceptors (Lipinski definition) is 3. The lowest BCUT2D eigenvalue weighted by Gasteiger charge is -2.30. The minimum Gasteiger partial charge on any atom is -0.338 e. The van der Waals surface area contributed by atoms with Gasteiger partial charge in [0.1, 0.15) is 0 Å². The molecule has 1 amide bonds. The molecule has 0 spiro atoms. The maximum Gasteiger partial charge on any atom is 0.224 e. The first-order valence-electron chi connectivity index (χ1n) is 8.07. The first-order valence-corrected chi connectivity index (χ1v) is 9.92. The molecule has 0 atom stereocenters. The summed E-state index contributed by atoms with van der Waals surface area (Å²) < 4.78 is 25.1. The minimum atomic E-state index is -3.27. The van der Waals surface area contributed by atoms with Crippen LogP contribution in [0.5, 0.6) is 0 Å². The van der Waals surface area contributed by atoms with Crippen molar-refractivity contribution in [3.63, 3.8) is 0 Å². The highest BCUT2D eigenvalue weighted by Crippen LogP contribution is 2.19. The summed E-state index contributed by atoms with van der Waals surface area (Å²) in [6, 6.07) is 8.16. The van der Waals surface area contributed by atoms with Crippen molar-refractivity contribution in [1.29, 1.82) is 0 Å². The van der Waals surface area contributed by atoms with Crippen LogP contribution in [-0.2, 0) is 27.8 Å². The highest BCUT2D eigenvalue weighted by molar-refractivity contribution is 7.88. The summed E-state index contributed by atoms with van der Waals surface area (Å²) in [5.41, 5.74) is 2.49. The van der Waals surface area contributed by atoms with Gasteiger partial charge in [0.05, 0.1) is 6.26 Å². The van der Waals surface area contributed by atoms with Crippen LogP contribution in [0.25, 0.3) is 0 Å². The number of carbonyl (C=O) groups is 1. The Morgan fingerprint density at radius 2 is 1.91 bits per heavy atom. The minimum absolute atomic E-state index is 0.0249. The van der Waals surface area contributed by atoms with Gasteiger partial charge in [-0.3, -0.25) is 4.79 Å². The van der Waals surface area contributed by atoms with Crippen LogP contribution in [0.15, 0.2) is 24.3 Å². The van der Waals surface area contributed by atoms with Crippen molar-refractivity contribution in [2.45, 2.75) is 33.2 Å². The number of hydrogen-bond donors (Lipinski definition) is 0. The molecular formula is C17H26N2O3S. The van der Waals surface area contributed by atoms with Gasteiger partial charge in [-0.05, 0) is 23.5 Å². The van der Waals surface area contributed by atoms with E-state index >= 15 is 0 Å². The van der Waals surface area contributed by atoms with Gasteiger partial charge >= 0.3 is 0 Å². The quantitative estimate of drug-likeness (QED) is 0.796. The molecule has 2 rings (SSSR count). The summed E-state index contributed by atoms with van der Waals surface area (Å²) in [6.07, 6.45) is 2.31. The van der Waals surface area contributed by atoms with Crippen LogP contribution in [0.2, 0.25) is 0 Å². The third-order valence-electron chi connectivity index (χ3n) is 4.10. The van der Waals surface area contributed by atoms with E-state index in [0.29, 0.717) is 19.6 Å². The zero-order chi connectivity index (χ0) is 17.0. The van der Waals surface area contributed by atoms with Crippen molar-refractivity contribution in [3.05, 3.63) is 35.4 Å². The summed E-state index contributed by atoms with van der Waals surface area (Å²) >= 11 is 0.